The standard InChI is InChI=1S/C11H19NO2.ClH/c1-14-10(13)6-9-2-4-11(5-3-9)7-12-8-11;/h9,12H,2-8H2,1H3;1H. The predicted octanol–water partition coefficient (Wildman–Crippen LogP) is 1.75. The van der Waals surface area contributed by atoms with Crippen molar-refractivity contribution in [2.45, 2.75) is 32.1 Å². The van der Waals surface area contributed by atoms with Crippen LogP contribution >= 0.6 is 12.4 Å². The van der Waals surface area contributed by atoms with Gasteiger partial charge in [0.15, 0.2) is 0 Å². The highest BCUT2D eigenvalue weighted by atomic mass is 35.5. The first-order valence-corrected chi connectivity index (χ1v) is 5.52. The van der Waals surface area contributed by atoms with Gasteiger partial charge < -0.3 is 10.1 Å². The largest absolute Gasteiger partial charge is 0.469 e. The molecule has 1 aliphatic heterocycles. The van der Waals surface area contributed by atoms with Gasteiger partial charge in [0.05, 0.1) is 7.11 Å². The van der Waals surface area contributed by atoms with E-state index in [2.05, 4.69) is 5.32 Å². The van der Waals surface area contributed by atoms with Crippen LogP contribution in [0.4, 0.5) is 0 Å². The van der Waals surface area contributed by atoms with Crippen LogP contribution in [0.5, 0.6) is 0 Å². The highest BCUT2D eigenvalue weighted by Gasteiger charge is 2.40. The number of carbonyl (C=O) groups is 1. The number of carbonyl (C=O) groups excluding carboxylic acids is 1. The van der Waals surface area contributed by atoms with E-state index in [4.69, 9.17) is 4.74 Å². The maximum absolute atomic E-state index is 11.1. The van der Waals surface area contributed by atoms with Crippen LogP contribution in [-0.2, 0) is 9.53 Å². The van der Waals surface area contributed by atoms with Crippen molar-refractivity contribution in [3.63, 3.8) is 0 Å². The number of nitrogens with one attached hydrogen (secondary N) is 1. The Morgan fingerprint density at radius 1 is 1.40 bits per heavy atom. The Labute approximate surface area is 97.4 Å². The Balaban J connectivity index is 0.00000112. The van der Waals surface area contributed by atoms with Gasteiger partial charge in [-0.1, -0.05) is 0 Å². The Kier molecular flexibility index (Phi) is 4.41. The third-order valence-electron chi connectivity index (χ3n) is 3.85. The summed E-state index contributed by atoms with van der Waals surface area (Å²) in [5.74, 6) is 0.534. The number of methoxy groups -OCH3 is 1. The van der Waals surface area contributed by atoms with Crippen molar-refractivity contribution in [1.82, 2.24) is 5.32 Å². The summed E-state index contributed by atoms with van der Waals surface area (Å²) in [6, 6.07) is 0. The van der Waals surface area contributed by atoms with Crippen molar-refractivity contribution < 1.29 is 9.53 Å². The summed E-state index contributed by atoms with van der Waals surface area (Å²) in [4.78, 5) is 11.1. The summed E-state index contributed by atoms with van der Waals surface area (Å²) in [6.07, 6.45) is 5.62. The molecule has 2 aliphatic rings. The molecule has 0 bridgehead atoms. The van der Waals surface area contributed by atoms with E-state index in [1.165, 1.54) is 45.9 Å². The Bertz CT molecular complexity index is 219. The van der Waals surface area contributed by atoms with Crippen LogP contribution in [0.3, 0.4) is 0 Å². The molecule has 2 rings (SSSR count). The summed E-state index contributed by atoms with van der Waals surface area (Å²) in [7, 11) is 1.47. The second-order valence-electron chi connectivity index (χ2n) is 4.83. The molecule has 0 radical (unpaired) electrons. The molecule has 1 spiro atoms. The Hall–Kier alpha value is -0.280. The van der Waals surface area contributed by atoms with Gasteiger partial charge in [0, 0.05) is 19.5 Å². The van der Waals surface area contributed by atoms with Crippen LogP contribution in [0.1, 0.15) is 32.1 Å². The van der Waals surface area contributed by atoms with Crippen molar-refractivity contribution in [3.05, 3.63) is 0 Å². The van der Waals surface area contributed by atoms with Crippen LogP contribution in [0, 0.1) is 11.3 Å². The van der Waals surface area contributed by atoms with Crippen molar-refractivity contribution in [2.24, 2.45) is 11.3 Å². The Morgan fingerprint density at radius 2 is 2.00 bits per heavy atom. The first-order valence-electron chi connectivity index (χ1n) is 5.52. The van der Waals surface area contributed by atoms with Gasteiger partial charge >= 0.3 is 5.97 Å². The van der Waals surface area contributed by atoms with Gasteiger partial charge in [-0.2, -0.15) is 0 Å². The third-order valence-corrected chi connectivity index (χ3v) is 3.85. The average Bonchev–Trinajstić information content (AvgIpc) is 2.16. The molecule has 0 unspecified atom stereocenters. The molecule has 1 aliphatic carbocycles. The first kappa shape index (κ1) is 12.8. The number of hydrogen-bond donors (Lipinski definition) is 1. The van der Waals surface area contributed by atoms with Crippen molar-refractivity contribution in [1.29, 1.82) is 0 Å². The molecule has 15 heavy (non-hydrogen) atoms. The number of halogens is 1. The van der Waals surface area contributed by atoms with Crippen LogP contribution in [-0.4, -0.2) is 26.2 Å². The molecule has 0 aromatic rings. The SMILES string of the molecule is COC(=O)CC1CCC2(CC1)CNC2.Cl. The van der Waals surface area contributed by atoms with Crippen molar-refractivity contribution >= 4 is 18.4 Å². The molecule has 2 fully saturated rings. The first-order chi connectivity index (χ1) is 6.74. The lowest BCUT2D eigenvalue weighted by Crippen LogP contribution is -2.54. The summed E-state index contributed by atoms with van der Waals surface area (Å²) >= 11 is 0. The van der Waals surface area contributed by atoms with E-state index in [1.807, 2.05) is 0 Å². The van der Waals surface area contributed by atoms with Crippen LogP contribution in [0.2, 0.25) is 0 Å². The summed E-state index contributed by atoms with van der Waals surface area (Å²) < 4.78 is 4.69. The molecule has 0 aromatic heterocycles. The van der Waals surface area contributed by atoms with Gasteiger partial charge in [-0.15, -0.1) is 12.4 Å². The van der Waals surface area contributed by atoms with Gasteiger partial charge in [0.1, 0.15) is 0 Å². The maximum atomic E-state index is 11.1. The quantitative estimate of drug-likeness (QED) is 0.739. The summed E-state index contributed by atoms with van der Waals surface area (Å²) in [5, 5.41) is 3.35. The second kappa shape index (κ2) is 5.17. The van der Waals surface area contributed by atoms with E-state index in [0.717, 1.165) is 0 Å². The van der Waals surface area contributed by atoms with E-state index in [1.54, 1.807) is 0 Å². The number of rotatable bonds is 2. The lowest BCUT2D eigenvalue weighted by Gasteiger charge is -2.47. The fourth-order valence-electron chi connectivity index (χ4n) is 2.65. The summed E-state index contributed by atoms with van der Waals surface area (Å²) in [5.41, 5.74) is 0.604. The molecule has 0 amide bonds. The molecular formula is C11H20ClNO2. The van der Waals surface area contributed by atoms with Crippen molar-refractivity contribution in [2.75, 3.05) is 20.2 Å². The fourth-order valence-corrected chi connectivity index (χ4v) is 2.65. The number of ether oxygens (including phenoxy) is 1. The minimum absolute atomic E-state index is 0. The van der Waals surface area contributed by atoms with Crippen molar-refractivity contribution in [3.8, 4) is 0 Å². The lowest BCUT2D eigenvalue weighted by molar-refractivity contribution is -0.142. The molecule has 3 nitrogen and oxygen atoms in total. The van der Waals surface area contributed by atoms with Gasteiger partial charge in [0.25, 0.3) is 0 Å². The topological polar surface area (TPSA) is 38.3 Å². The molecule has 0 aromatic carbocycles. The number of hydrogen-bond acceptors (Lipinski definition) is 3. The monoisotopic (exact) mass is 233 g/mol. The third kappa shape index (κ3) is 2.85. The van der Waals surface area contributed by atoms with E-state index < -0.39 is 0 Å². The Morgan fingerprint density at radius 3 is 2.40 bits per heavy atom. The molecule has 1 heterocycles. The average molecular weight is 234 g/mol. The molecule has 4 heteroatoms. The van der Waals surface area contributed by atoms with E-state index >= 15 is 0 Å². The van der Waals surface area contributed by atoms with Gasteiger partial charge in [0.2, 0.25) is 0 Å². The molecule has 1 saturated carbocycles. The van der Waals surface area contributed by atoms with Gasteiger partial charge in [-0.25, -0.2) is 0 Å². The van der Waals surface area contributed by atoms with Gasteiger partial charge in [-0.3, -0.25) is 4.79 Å². The van der Waals surface area contributed by atoms with Gasteiger partial charge in [-0.05, 0) is 37.0 Å². The minimum Gasteiger partial charge on any atom is -0.469 e. The molecule has 1 saturated heterocycles. The molecule has 88 valence electrons. The lowest BCUT2D eigenvalue weighted by atomic mass is 9.66. The molecule has 1 N–H and O–H groups in total. The van der Waals surface area contributed by atoms with Crippen LogP contribution in [0.25, 0.3) is 0 Å². The molecular weight excluding hydrogens is 214 g/mol. The zero-order chi connectivity index (χ0) is 10.0. The van der Waals surface area contributed by atoms with Crippen LogP contribution in [0.15, 0.2) is 0 Å². The van der Waals surface area contributed by atoms with E-state index in [0.29, 0.717) is 17.8 Å². The molecule has 0 atom stereocenters. The predicted molar refractivity (Wildman–Crippen MR) is 61.1 cm³/mol. The number of esters is 1. The highest BCUT2D eigenvalue weighted by molar-refractivity contribution is 5.85. The highest BCUT2D eigenvalue weighted by Crippen LogP contribution is 2.42. The minimum atomic E-state index is -0.0438. The summed E-state index contributed by atoms with van der Waals surface area (Å²) in [6.45, 7) is 2.38. The van der Waals surface area contributed by atoms with E-state index in [-0.39, 0.29) is 18.4 Å². The normalized spacial score (nSPS) is 24.1. The van der Waals surface area contributed by atoms with E-state index in [9.17, 15) is 4.79 Å². The fraction of sp³-hybridized carbons (Fsp3) is 0.909. The van der Waals surface area contributed by atoms with Crippen LogP contribution < -0.4 is 5.32 Å². The second-order valence-corrected chi connectivity index (χ2v) is 4.83. The zero-order valence-electron chi connectivity index (χ0n) is 9.25. The zero-order valence-corrected chi connectivity index (χ0v) is 10.1. The smallest absolute Gasteiger partial charge is 0.305 e. The maximum Gasteiger partial charge on any atom is 0.305 e.